The van der Waals surface area contributed by atoms with Crippen LogP contribution in [0.5, 0.6) is 0 Å². The number of allylic oxidation sites excluding steroid dienone is 1. The lowest BCUT2D eigenvalue weighted by atomic mass is 10.2. The monoisotopic (exact) mass is 370 g/mol. The molecule has 0 N–H and O–H groups in total. The number of nitrogens with zero attached hydrogens (tertiary/aromatic N) is 2. The lowest BCUT2D eigenvalue weighted by Crippen LogP contribution is -3.00. The van der Waals surface area contributed by atoms with E-state index in [1.807, 2.05) is 0 Å². The molecule has 0 saturated heterocycles. The Hall–Kier alpha value is -0.840. The molecule has 3 heteroatoms. The molecule has 0 aliphatic rings. The minimum absolute atomic E-state index is 0. The molecule has 1 aromatic heterocycles. The Morgan fingerprint density at radius 2 is 1.95 bits per heavy atom. The number of rotatable bonds is 5. The van der Waals surface area contributed by atoms with Gasteiger partial charge in [0.2, 0.25) is 0 Å². The van der Waals surface area contributed by atoms with Crippen LogP contribution in [0.1, 0.15) is 38.4 Å². The van der Waals surface area contributed by atoms with Crippen molar-refractivity contribution < 1.29 is 28.5 Å². The van der Waals surface area contributed by atoms with Crippen LogP contribution in [0.25, 0.3) is 17.1 Å². The van der Waals surface area contributed by atoms with Crippen LogP contribution in [-0.2, 0) is 14.1 Å². The molecule has 0 saturated carbocycles. The standard InChI is InChI=1S/C16H23N2.HI/c1-4-5-6-7-8-13-16-17(2)14-11-9-10-12-15(14)18(16)3;/h8-13H,4-7H2,1-3H3;1H/q+1;/p-1/b13-8+;. The predicted octanol–water partition coefficient (Wildman–Crippen LogP) is 0.600. The Bertz CT molecular complexity index is 516. The average molecular weight is 370 g/mol. The van der Waals surface area contributed by atoms with E-state index >= 15 is 0 Å². The number of para-hydroxylation sites is 2. The van der Waals surface area contributed by atoms with Crippen molar-refractivity contribution in [2.75, 3.05) is 0 Å². The molecule has 2 nitrogen and oxygen atoms in total. The zero-order chi connectivity index (χ0) is 13.0. The molecule has 0 radical (unpaired) electrons. The highest BCUT2D eigenvalue weighted by Crippen LogP contribution is 2.13. The van der Waals surface area contributed by atoms with E-state index in [1.165, 1.54) is 42.5 Å². The van der Waals surface area contributed by atoms with Crippen molar-refractivity contribution >= 4 is 17.1 Å². The molecule has 19 heavy (non-hydrogen) atoms. The number of aryl methyl sites for hydroxylation is 2. The quantitative estimate of drug-likeness (QED) is 0.414. The fourth-order valence-corrected chi connectivity index (χ4v) is 2.43. The molecule has 104 valence electrons. The van der Waals surface area contributed by atoms with Crippen LogP contribution >= 0.6 is 0 Å². The molecule has 0 spiro atoms. The van der Waals surface area contributed by atoms with E-state index in [1.54, 1.807) is 0 Å². The zero-order valence-electron chi connectivity index (χ0n) is 12.1. The summed E-state index contributed by atoms with van der Waals surface area (Å²) in [7, 11) is 4.27. The number of aromatic nitrogens is 2. The summed E-state index contributed by atoms with van der Waals surface area (Å²) >= 11 is 0. The van der Waals surface area contributed by atoms with Crippen molar-refractivity contribution in [2.24, 2.45) is 14.1 Å². The Morgan fingerprint density at radius 3 is 2.63 bits per heavy atom. The van der Waals surface area contributed by atoms with Gasteiger partial charge < -0.3 is 24.0 Å². The fourth-order valence-electron chi connectivity index (χ4n) is 2.43. The second-order valence-electron chi connectivity index (χ2n) is 4.86. The van der Waals surface area contributed by atoms with E-state index in [2.05, 4.69) is 66.6 Å². The van der Waals surface area contributed by atoms with Gasteiger partial charge in [-0.3, -0.25) is 0 Å². The van der Waals surface area contributed by atoms with Gasteiger partial charge in [0.15, 0.2) is 11.0 Å². The molecule has 0 bridgehead atoms. The van der Waals surface area contributed by atoms with Gasteiger partial charge in [0.1, 0.15) is 0 Å². The summed E-state index contributed by atoms with van der Waals surface area (Å²) in [6, 6.07) is 8.53. The Balaban J connectivity index is 0.00000180. The van der Waals surface area contributed by atoms with Gasteiger partial charge >= 0.3 is 0 Å². The first-order valence-electron chi connectivity index (χ1n) is 6.85. The maximum Gasteiger partial charge on any atom is 0.281 e. The highest BCUT2D eigenvalue weighted by molar-refractivity contribution is 5.73. The number of halogens is 1. The van der Waals surface area contributed by atoms with Gasteiger partial charge in [-0.1, -0.05) is 38.0 Å². The van der Waals surface area contributed by atoms with Crippen LogP contribution in [0.3, 0.4) is 0 Å². The van der Waals surface area contributed by atoms with Crippen LogP contribution in [0.4, 0.5) is 0 Å². The van der Waals surface area contributed by atoms with Gasteiger partial charge in [-0.15, -0.1) is 0 Å². The van der Waals surface area contributed by atoms with Crippen molar-refractivity contribution in [3.8, 4) is 0 Å². The average Bonchev–Trinajstić information content (AvgIpc) is 2.64. The maximum atomic E-state index is 2.30. The van der Waals surface area contributed by atoms with Crippen LogP contribution in [-0.4, -0.2) is 4.57 Å². The molecule has 1 heterocycles. The molecule has 0 aliphatic carbocycles. The third-order valence-electron chi connectivity index (χ3n) is 3.53. The second kappa shape index (κ2) is 7.68. The summed E-state index contributed by atoms with van der Waals surface area (Å²) in [5.41, 5.74) is 2.57. The Labute approximate surface area is 133 Å². The van der Waals surface area contributed by atoms with Crippen molar-refractivity contribution in [1.82, 2.24) is 4.57 Å². The Kier molecular flexibility index (Phi) is 6.55. The Morgan fingerprint density at radius 1 is 1.21 bits per heavy atom. The largest absolute Gasteiger partial charge is 1.00 e. The van der Waals surface area contributed by atoms with E-state index in [-0.39, 0.29) is 24.0 Å². The highest BCUT2D eigenvalue weighted by atomic mass is 127. The molecule has 2 aromatic rings. The zero-order valence-corrected chi connectivity index (χ0v) is 14.2. The highest BCUT2D eigenvalue weighted by Gasteiger charge is 2.16. The maximum absolute atomic E-state index is 2.30. The van der Waals surface area contributed by atoms with Crippen LogP contribution < -0.4 is 28.5 Å². The number of hydrogen-bond acceptors (Lipinski definition) is 0. The minimum Gasteiger partial charge on any atom is -1.00 e. The van der Waals surface area contributed by atoms with E-state index in [0.29, 0.717) is 0 Å². The smallest absolute Gasteiger partial charge is 0.281 e. The SMILES string of the molecule is CCCCC/C=C/c1n(C)c2ccccc2[n+]1C.[I-]. The molecule has 2 rings (SSSR count). The van der Waals surface area contributed by atoms with Crippen LogP contribution in [0.2, 0.25) is 0 Å². The molecule has 0 aliphatic heterocycles. The van der Waals surface area contributed by atoms with Crippen molar-refractivity contribution in [1.29, 1.82) is 0 Å². The molecule has 0 fully saturated rings. The third kappa shape index (κ3) is 3.59. The number of imidazole rings is 1. The van der Waals surface area contributed by atoms with Crippen molar-refractivity contribution in [3.63, 3.8) is 0 Å². The van der Waals surface area contributed by atoms with E-state index in [0.717, 1.165) is 0 Å². The number of benzene rings is 1. The van der Waals surface area contributed by atoms with Crippen LogP contribution in [0, 0.1) is 0 Å². The van der Waals surface area contributed by atoms with Crippen molar-refractivity contribution in [3.05, 3.63) is 36.2 Å². The summed E-state index contributed by atoms with van der Waals surface area (Å²) < 4.78 is 4.51. The van der Waals surface area contributed by atoms with E-state index in [9.17, 15) is 0 Å². The first kappa shape index (κ1) is 16.2. The summed E-state index contributed by atoms with van der Waals surface area (Å²) in [5, 5.41) is 0. The van der Waals surface area contributed by atoms with Gasteiger partial charge in [-0.05, 0) is 25.0 Å². The molecule has 0 amide bonds. The fraction of sp³-hybridized carbons (Fsp3) is 0.438. The van der Waals surface area contributed by atoms with Crippen molar-refractivity contribution in [2.45, 2.75) is 32.6 Å². The molecule has 0 unspecified atom stereocenters. The van der Waals surface area contributed by atoms with Gasteiger partial charge in [-0.2, -0.15) is 0 Å². The topological polar surface area (TPSA) is 8.81 Å². The molecule has 1 aromatic carbocycles. The lowest BCUT2D eigenvalue weighted by molar-refractivity contribution is -0.647. The number of hydrogen-bond donors (Lipinski definition) is 0. The summed E-state index contributed by atoms with van der Waals surface area (Å²) in [5.74, 6) is 1.26. The first-order chi connectivity index (χ1) is 8.75. The summed E-state index contributed by atoms with van der Waals surface area (Å²) in [6.45, 7) is 2.24. The number of fused-ring (bicyclic) bond motifs is 1. The lowest BCUT2D eigenvalue weighted by Gasteiger charge is -1.93. The first-order valence-corrected chi connectivity index (χ1v) is 6.85. The molecular formula is C16H23IN2. The summed E-state index contributed by atoms with van der Waals surface area (Å²) in [4.78, 5) is 0. The molecular weight excluding hydrogens is 347 g/mol. The van der Waals surface area contributed by atoms with Crippen LogP contribution in [0.15, 0.2) is 30.3 Å². The van der Waals surface area contributed by atoms with E-state index in [4.69, 9.17) is 0 Å². The second-order valence-corrected chi connectivity index (χ2v) is 4.86. The van der Waals surface area contributed by atoms with E-state index < -0.39 is 0 Å². The minimum atomic E-state index is 0. The normalized spacial score (nSPS) is 11.1. The third-order valence-corrected chi connectivity index (χ3v) is 3.53. The number of unbranched alkanes of at least 4 members (excludes halogenated alkanes) is 3. The van der Waals surface area contributed by atoms with Gasteiger partial charge in [0, 0.05) is 6.08 Å². The van der Waals surface area contributed by atoms with Gasteiger partial charge in [-0.25, -0.2) is 9.13 Å². The van der Waals surface area contributed by atoms with Gasteiger partial charge in [0.05, 0.1) is 14.1 Å². The summed E-state index contributed by atoms with van der Waals surface area (Å²) in [6.07, 6.45) is 9.62. The van der Waals surface area contributed by atoms with Gasteiger partial charge in [0.25, 0.3) is 5.82 Å². The predicted molar refractivity (Wildman–Crippen MR) is 77.3 cm³/mol. The molecule has 0 atom stereocenters.